The van der Waals surface area contributed by atoms with Crippen LogP contribution in [0.25, 0.3) is 10.2 Å². The summed E-state index contributed by atoms with van der Waals surface area (Å²) in [6.07, 6.45) is 2.73. The highest BCUT2D eigenvalue weighted by Crippen LogP contribution is 2.33. The van der Waals surface area contributed by atoms with Crippen LogP contribution < -0.4 is 4.90 Å². The quantitative estimate of drug-likeness (QED) is 0.883. The topological polar surface area (TPSA) is 49.2 Å². The molecule has 90 valence electrons. The Bertz CT molecular complexity index is 527. The second-order valence-electron chi connectivity index (χ2n) is 4.55. The van der Waals surface area contributed by atoms with Gasteiger partial charge >= 0.3 is 0 Å². The van der Waals surface area contributed by atoms with E-state index in [2.05, 4.69) is 27.9 Å². The van der Waals surface area contributed by atoms with Gasteiger partial charge < -0.3 is 10.0 Å². The fourth-order valence-corrected chi connectivity index (χ4v) is 3.28. The van der Waals surface area contributed by atoms with Crippen molar-refractivity contribution >= 4 is 27.4 Å². The van der Waals surface area contributed by atoms with Crippen molar-refractivity contribution < 1.29 is 5.11 Å². The van der Waals surface area contributed by atoms with E-state index >= 15 is 0 Å². The summed E-state index contributed by atoms with van der Waals surface area (Å²) in [5.41, 5.74) is 0. The van der Waals surface area contributed by atoms with Gasteiger partial charge in [0.15, 0.2) is 0 Å². The van der Waals surface area contributed by atoms with Gasteiger partial charge in [0.1, 0.15) is 17.0 Å². The van der Waals surface area contributed by atoms with Crippen molar-refractivity contribution in [3.8, 4) is 0 Å². The molecule has 2 aromatic heterocycles. The molecule has 2 unspecified atom stereocenters. The maximum Gasteiger partial charge on any atom is 0.141 e. The SMILES string of the molecule is CC1CCN(c2ncnc3sccc23)C1CO. The van der Waals surface area contributed by atoms with Gasteiger partial charge in [-0.25, -0.2) is 9.97 Å². The fourth-order valence-electron chi connectivity index (χ4n) is 2.56. The van der Waals surface area contributed by atoms with Gasteiger partial charge in [-0.05, 0) is 23.8 Å². The van der Waals surface area contributed by atoms with E-state index in [0.717, 1.165) is 29.0 Å². The molecule has 3 heterocycles. The lowest BCUT2D eigenvalue weighted by molar-refractivity contribution is 0.244. The van der Waals surface area contributed by atoms with Crippen LogP contribution in [0.4, 0.5) is 5.82 Å². The molecule has 0 amide bonds. The summed E-state index contributed by atoms with van der Waals surface area (Å²) in [6, 6.07) is 2.25. The predicted octanol–water partition coefficient (Wildman–Crippen LogP) is 1.90. The van der Waals surface area contributed by atoms with Gasteiger partial charge in [0.25, 0.3) is 0 Å². The van der Waals surface area contributed by atoms with E-state index in [-0.39, 0.29) is 12.6 Å². The first-order valence-corrected chi connectivity index (χ1v) is 6.75. The third-order valence-electron chi connectivity index (χ3n) is 3.58. The fraction of sp³-hybridized carbons (Fsp3) is 0.500. The molecular weight excluding hydrogens is 234 g/mol. The smallest absolute Gasteiger partial charge is 0.141 e. The van der Waals surface area contributed by atoms with Crippen molar-refractivity contribution in [2.45, 2.75) is 19.4 Å². The Morgan fingerprint density at radius 3 is 3.24 bits per heavy atom. The average Bonchev–Trinajstić information content (AvgIpc) is 2.94. The number of hydrogen-bond acceptors (Lipinski definition) is 5. The van der Waals surface area contributed by atoms with Crippen LogP contribution in [-0.2, 0) is 0 Å². The first kappa shape index (κ1) is 10.9. The molecule has 0 aliphatic carbocycles. The van der Waals surface area contributed by atoms with Crippen LogP contribution >= 0.6 is 11.3 Å². The van der Waals surface area contributed by atoms with E-state index in [1.54, 1.807) is 17.7 Å². The molecule has 0 spiro atoms. The van der Waals surface area contributed by atoms with Crippen LogP contribution in [0, 0.1) is 5.92 Å². The Hall–Kier alpha value is -1.20. The van der Waals surface area contributed by atoms with Crippen molar-refractivity contribution in [1.82, 2.24) is 9.97 Å². The number of nitrogens with zero attached hydrogens (tertiary/aromatic N) is 3. The molecule has 0 bridgehead atoms. The van der Waals surface area contributed by atoms with Gasteiger partial charge in [-0.2, -0.15) is 0 Å². The third-order valence-corrected chi connectivity index (χ3v) is 4.40. The minimum atomic E-state index is 0.188. The minimum Gasteiger partial charge on any atom is -0.394 e. The maximum atomic E-state index is 9.51. The molecule has 2 atom stereocenters. The highest BCUT2D eigenvalue weighted by atomic mass is 32.1. The first-order chi connectivity index (χ1) is 8.31. The van der Waals surface area contributed by atoms with Gasteiger partial charge in [-0.1, -0.05) is 6.92 Å². The van der Waals surface area contributed by atoms with Crippen molar-refractivity contribution in [3.63, 3.8) is 0 Å². The Kier molecular flexibility index (Phi) is 2.72. The lowest BCUT2D eigenvalue weighted by atomic mass is 10.0. The van der Waals surface area contributed by atoms with Gasteiger partial charge in [0, 0.05) is 6.54 Å². The molecule has 3 rings (SSSR count). The van der Waals surface area contributed by atoms with E-state index in [1.165, 1.54) is 0 Å². The lowest BCUT2D eigenvalue weighted by Crippen LogP contribution is -2.35. The van der Waals surface area contributed by atoms with Gasteiger partial charge in [0.2, 0.25) is 0 Å². The van der Waals surface area contributed by atoms with Gasteiger partial charge in [-0.15, -0.1) is 11.3 Å². The van der Waals surface area contributed by atoms with Crippen molar-refractivity contribution in [2.24, 2.45) is 5.92 Å². The molecule has 0 radical (unpaired) electrons. The Morgan fingerprint density at radius 2 is 2.41 bits per heavy atom. The molecule has 1 fully saturated rings. The van der Waals surface area contributed by atoms with Crippen LogP contribution in [0.15, 0.2) is 17.8 Å². The zero-order valence-electron chi connectivity index (χ0n) is 9.71. The van der Waals surface area contributed by atoms with Crippen LogP contribution in [0.2, 0.25) is 0 Å². The molecular formula is C12H15N3OS. The summed E-state index contributed by atoms with van der Waals surface area (Å²) in [4.78, 5) is 11.9. The Morgan fingerprint density at radius 1 is 1.53 bits per heavy atom. The summed E-state index contributed by atoms with van der Waals surface area (Å²) in [5, 5.41) is 12.6. The molecule has 1 aliphatic heterocycles. The molecule has 1 saturated heterocycles. The highest BCUT2D eigenvalue weighted by Gasteiger charge is 2.32. The monoisotopic (exact) mass is 249 g/mol. The first-order valence-electron chi connectivity index (χ1n) is 5.87. The largest absolute Gasteiger partial charge is 0.394 e. The molecule has 2 aromatic rings. The molecule has 1 N–H and O–H groups in total. The van der Waals surface area contributed by atoms with Gasteiger partial charge in [-0.3, -0.25) is 0 Å². The summed E-state index contributed by atoms with van der Waals surface area (Å²) in [5.74, 6) is 1.49. The maximum absolute atomic E-state index is 9.51. The Balaban J connectivity index is 2.06. The predicted molar refractivity (Wildman–Crippen MR) is 69.4 cm³/mol. The van der Waals surface area contributed by atoms with Gasteiger partial charge in [0.05, 0.1) is 18.0 Å². The van der Waals surface area contributed by atoms with E-state index in [1.807, 2.05) is 5.38 Å². The second-order valence-corrected chi connectivity index (χ2v) is 5.44. The summed E-state index contributed by atoms with van der Waals surface area (Å²) in [7, 11) is 0. The van der Waals surface area contributed by atoms with Crippen LogP contribution in [0.3, 0.4) is 0 Å². The van der Waals surface area contributed by atoms with Crippen molar-refractivity contribution in [2.75, 3.05) is 18.1 Å². The number of aliphatic hydroxyl groups is 1. The normalized spacial score (nSPS) is 24.7. The summed E-state index contributed by atoms with van der Waals surface area (Å²) in [6.45, 7) is 3.35. The summed E-state index contributed by atoms with van der Waals surface area (Å²) >= 11 is 1.63. The number of thiophene rings is 1. The van der Waals surface area contributed by atoms with E-state index in [9.17, 15) is 5.11 Å². The third kappa shape index (κ3) is 1.70. The van der Waals surface area contributed by atoms with Crippen molar-refractivity contribution in [1.29, 1.82) is 0 Å². The number of aromatic nitrogens is 2. The number of fused-ring (bicyclic) bond motifs is 1. The highest BCUT2D eigenvalue weighted by molar-refractivity contribution is 7.16. The van der Waals surface area contributed by atoms with E-state index < -0.39 is 0 Å². The molecule has 5 heteroatoms. The molecule has 4 nitrogen and oxygen atoms in total. The van der Waals surface area contributed by atoms with Crippen molar-refractivity contribution in [3.05, 3.63) is 17.8 Å². The molecule has 0 aromatic carbocycles. The standard InChI is InChI=1S/C12H15N3OS/c1-8-2-4-15(10(8)6-16)11-9-3-5-17-12(9)14-7-13-11/h3,5,7-8,10,16H,2,4,6H2,1H3. The number of anilines is 1. The Labute approximate surface area is 104 Å². The van der Waals surface area contributed by atoms with Crippen LogP contribution in [0.1, 0.15) is 13.3 Å². The lowest BCUT2D eigenvalue weighted by Gasteiger charge is -2.26. The number of hydrogen-bond donors (Lipinski definition) is 1. The van der Waals surface area contributed by atoms with Crippen LogP contribution in [-0.4, -0.2) is 34.3 Å². The minimum absolute atomic E-state index is 0.188. The zero-order valence-corrected chi connectivity index (χ0v) is 10.5. The molecule has 17 heavy (non-hydrogen) atoms. The van der Waals surface area contributed by atoms with Crippen LogP contribution in [0.5, 0.6) is 0 Å². The molecule has 0 saturated carbocycles. The zero-order chi connectivity index (χ0) is 11.8. The number of rotatable bonds is 2. The average molecular weight is 249 g/mol. The second kappa shape index (κ2) is 4.23. The number of aliphatic hydroxyl groups excluding tert-OH is 1. The van der Waals surface area contributed by atoms with E-state index in [4.69, 9.17) is 0 Å². The molecule has 1 aliphatic rings. The van der Waals surface area contributed by atoms with E-state index in [0.29, 0.717) is 5.92 Å². The summed E-state index contributed by atoms with van der Waals surface area (Å²) < 4.78 is 0.